The lowest BCUT2D eigenvalue weighted by molar-refractivity contribution is 0.540. The number of aromatic nitrogens is 2. The first-order chi connectivity index (χ1) is 9.67. The summed E-state index contributed by atoms with van der Waals surface area (Å²) in [5.41, 5.74) is 1.10. The SMILES string of the molecule is CCCNC(C)Cc1csc(Nc2ccc(Cl)cn2)n1. The van der Waals surface area contributed by atoms with Gasteiger partial charge in [-0.25, -0.2) is 9.97 Å². The molecule has 0 amide bonds. The van der Waals surface area contributed by atoms with Crippen molar-refractivity contribution in [1.82, 2.24) is 15.3 Å². The molecule has 2 rings (SSSR count). The Kier molecular flexibility index (Phi) is 5.76. The van der Waals surface area contributed by atoms with Crippen LogP contribution in [0.15, 0.2) is 23.7 Å². The van der Waals surface area contributed by atoms with Crippen LogP contribution in [-0.4, -0.2) is 22.6 Å². The molecule has 6 heteroatoms. The Morgan fingerprint density at radius 1 is 1.40 bits per heavy atom. The van der Waals surface area contributed by atoms with Crippen molar-refractivity contribution in [3.63, 3.8) is 0 Å². The van der Waals surface area contributed by atoms with Gasteiger partial charge in [0.15, 0.2) is 5.13 Å². The molecule has 20 heavy (non-hydrogen) atoms. The highest BCUT2D eigenvalue weighted by molar-refractivity contribution is 7.13. The molecule has 0 aromatic carbocycles. The van der Waals surface area contributed by atoms with Gasteiger partial charge in [0, 0.05) is 24.0 Å². The first-order valence-electron chi connectivity index (χ1n) is 6.73. The Morgan fingerprint density at radius 3 is 2.95 bits per heavy atom. The molecular formula is C14H19ClN4S. The van der Waals surface area contributed by atoms with Crippen molar-refractivity contribution in [1.29, 1.82) is 0 Å². The topological polar surface area (TPSA) is 49.8 Å². The van der Waals surface area contributed by atoms with E-state index < -0.39 is 0 Å². The van der Waals surface area contributed by atoms with E-state index in [0.29, 0.717) is 11.1 Å². The van der Waals surface area contributed by atoms with Crippen molar-refractivity contribution in [2.75, 3.05) is 11.9 Å². The average molecular weight is 311 g/mol. The molecule has 108 valence electrons. The first kappa shape index (κ1) is 15.2. The van der Waals surface area contributed by atoms with Crippen LogP contribution in [0.2, 0.25) is 5.02 Å². The molecular weight excluding hydrogens is 292 g/mol. The predicted octanol–water partition coefficient (Wildman–Crippen LogP) is 3.87. The van der Waals surface area contributed by atoms with Crippen LogP contribution in [-0.2, 0) is 6.42 Å². The number of pyridine rings is 1. The predicted molar refractivity (Wildman–Crippen MR) is 86.1 cm³/mol. The van der Waals surface area contributed by atoms with Gasteiger partial charge in [0.2, 0.25) is 0 Å². The minimum Gasteiger partial charge on any atom is -0.316 e. The Morgan fingerprint density at radius 2 is 2.25 bits per heavy atom. The van der Waals surface area contributed by atoms with E-state index in [-0.39, 0.29) is 0 Å². The van der Waals surface area contributed by atoms with Gasteiger partial charge in [-0.3, -0.25) is 0 Å². The number of hydrogen-bond donors (Lipinski definition) is 2. The van der Waals surface area contributed by atoms with E-state index in [4.69, 9.17) is 11.6 Å². The monoisotopic (exact) mass is 310 g/mol. The molecule has 0 aliphatic carbocycles. The third-order valence-electron chi connectivity index (χ3n) is 2.77. The molecule has 4 nitrogen and oxygen atoms in total. The third kappa shape index (κ3) is 4.74. The summed E-state index contributed by atoms with van der Waals surface area (Å²) in [6, 6.07) is 4.09. The Labute approximate surface area is 128 Å². The zero-order valence-corrected chi connectivity index (χ0v) is 13.3. The van der Waals surface area contributed by atoms with Gasteiger partial charge in [-0.1, -0.05) is 18.5 Å². The number of thiazole rings is 1. The second kappa shape index (κ2) is 7.57. The Hall–Kier alpha value is -1.17. The Balaban J connectivity index is 1.90. The average Bonchev–Trinajstić information content (AvgIpc) is 2.86. The molecule has 0 radical (unpaired) electrons. The van der Waals surface area contributed by atoms with Crippen molar-refractivity contribution >= 4 is 33.9 Å². The van der Waals surface area contributed by atoms with Crippen LogP contribution < -0.4 is 10.6 Å². The van der Waals surface area contributed by atoms with Gasteiger partial charge in [-0.05, 0) is 32.0 Å². The molecule has 0 aliphatic rings. The van der Waals surface area contributed by atoms with Gasteiger partial charge in [-0.15, -0.1) is 11.3 Å². The number of nitrogens with zero attached hydrogens (tertiary/aromatic N) is 2. The summed E-state index contributed by atoms with van der Waals surface area (Å²) in [5, 5.41) is 10.2. The van der Waals surface area contributed by atoms with Gasteiger partial charge >= 0.3 is 0 Å². The first-order valence-corrected chi connectivity index (χ1v) is 7.99. The summed E-state index contributed by atoms with van der Waals surface area (Å²) in [6.07, 6.45) is 3.71. The van der Waals surface area contributed by atoms with Crippen molar-refractivity contribution in [3.8, 4) is 0 Å². The molecule has 2 aromatic rings. The molecule has 0 saturated heterocycles. The number of anilines is 2. The van der Waals surface area contributed by atoms with Gasteiger partial charge in [0.05, 0.1) is 10.7 Å². The molecule has 0 spiro atoms. The van der Waals surface area contributed by atoms with Crippen LogP contribution in [0, 0.1) is 0 Å². The highest BCUT2D eigenvalue weighted by Gasteiger charge is 2.07. The fourth-order valence-electron chi connectivity index (χ4n) is 1.79. The summed E-state index contributed by atoms with van der Waals surface area (Å²) in [5.74, 6) is 0.757. The van der Waals surface area contributed by atoms with E-state index in [1.165, 1.54) is 0 Å². The minimum atomic E-state index is 0.443. The van der Waals surface area contributed by atoms with E-state index >= 15 is 0 Å². The Bertz CT molecular complexity index is 526. The zero-order chi connectivity index (χ0) is 14.4. The summed E-state index contributed by atoms with van der Waals surface area (Å²) >= 11 is 7.40. The second-order valence-corrected chi connectivity index (χ2v) is 5.98. The molecule has 0 fully saturated rings. The summed E-state index contributed by atoms with van der Waals surface area (Å²) < 4.78 is 0. The van der Waals surface area contributed by atoms with Gasteiger partial charge < -0.3 is 10.6 Å². The van der Waals surface area contributed by atoms with Gasteiger partial charge in [-0.2, -0.15) is 0 Å². The van der Waals surface area contributed by atoms with Crippen LogP contribution in [0.5, 0.6) is 0 Å². The lowest BCUT2D eigenvalue weighted by Crippen LogP contribution is -2.28. The summed E-state index contributed by atoms with van der Waals surface area (Å²) in [7, 11) is 0. The van der Waals surface area contributed by atoms with E-state index in [9.17, 15) is 0 Å². The fraction of sp³-hybridized carbons (Fsp3) is 0.429. The standard InChI is InChI=1S/C14H19ClN4S/c1-3-6-16-10(2)7-12-9-20-14(18-12)19-13-5-4-11(15)8-17-13/h4-5,8-10,16H,3,6-7H2,1-2H3,(H,17,18,19). The third-order valence-corrected chi connectivity index (χ3v) is 3.80. The van der Waals surface area contributed by atoms with E-state index in [1.54, 1.807) is 17.5 Å². The zero-order valence-electron chi connectivity index (χ0n) is 11.7. The molecule has 0 saturated carbocycles. The van der Waals surface area contributed by atoms with Crippen LogP contribution in [0.1, 0.15) is 26.0 Å². The highest BCUT2D eigenvalue weighted by atomic mass is 35.5. The maximum atomic E-state index is 5.81. The number of nitrogens with one attached hydrogen (secondary N) is 2. The number of hydrogen-bond acceptors (Lipinski definition) is 5. The lowest BCUT2D eigenvalue weighted by Gasteiger charge is -2.10. The maximum Gasteiger partial charge on any atom is 0.188 e. The molecule has 2 heterocycles. The van der Waals surface area contributed by atoms with Crippen molar-refractivity contribution in [3.05, 3.63) is 34.4 Å². The van der Waals surface area contributed by atoms with Crippen molar-refractivity contribution < 1.29 is 0 Å². The van der Waals surface area contributed by atoms with Gasteiger partial charge in [0.25, 0.3) is 0 Å². The summed E-state index contributed by atoms with van der Waals surface area (Å²) in [6.45, 7) is 5.40. The lowest BCUT2D eigenvalue weighted by atomic mass is 10.2. The molecule has 1 unspecified atom stereocenters. The highest BCUT2D eigenvalue weighted by Crippen LogP contribution is 2.21. The largest absolute Gasteiger partial charge is 0.316 e. The van der Waals surface area contributed by atoms with Crippen LogP contribution in [0.25, 0.3) is 0 Å². The molecule has 0 aliphatic heterocycles. The van der Waals surface area contributed by atoms with E-state index in [0.717, 1.165) is 36.0 Å². The van der Waals surface area contributed by atoms with Crippen LogP contribution >= 0.6 is 22.9 Å². The van der Waals surface area contributed by atoms with Crippen molar-refractivity contribution in [2.24, 2.45) is 0 Å². The molecule has 1 atom stereocenters. The van der Waals surface area contributed by atoms with Crippen LogP contribution in [0.3, 0.4) is 0 Å². The molecule has 0 bridgehead atoms. The molecule has 2 N–H and O–H groups in total. The fourth-order valence-corrected chi connectivity index (χ4v) is 2.64. The van der Waals surface area contributed by atoms with Crippen molar-refractivity contribution in [2.45, 2.75) is 32.7 Å². The number of rotatable bonds is 7. The molecule has 2 aromatic heterocycles. The number of halogens is 1. The quantitative estimate of drug-likeness (QED) is 0.815. The van der Waals surface area contributed by atoms with Crippen LogP contribution in [0.4, 0.5) is 10.9 Å². The second-order valence-electron chi connectivity index (χ2n) is 4.69. The maximum absolute atomic E-state index is 5.81. The van der Waals surface area contributed by atoms with E-state index in [2.05, 4.69) is 39.8 Å². The van der Waals surface area contributed by atoms with Gasteiger partial charge in [0.1, 0.15) is 5.82 Å². The summed E-state index contributed by atoms with van der Waals surface area (Å²) in [4.78, 5) is 8.77. The van der Waals surface area contributed by atoms with E-state index in [1.807, 2.05) is 12.1 Å². The normalized spacial score (nSPS) is 12.3. The minimum absolute atomic E-state index is 0.443. The smallest absolute Gasteiger partial charge is 0.188 e.